The summed E-state index contributed by atoms with van der Waals surface area (Å²) in [7, 11) is 0. The monoisotopic (exact) mass is 233 g/mol. The third-order valence-corrected chi connectivity index (χ3v) is 3.84. The fourth-order valence-corrected chi connectivity index (χ4v) is 3.01. The Kier molecular flexibility index (Phi) is 2.53. The SMILES string of the molecule is Cc1ncc(Cc2cc3n(c2)CCNC3)s1. The van der Waals surface area contributed by atoms with Crippen molar-refractivity contribution in [3.63, 3.8) is 0 Å². The largest absolute Gasteiger partial charge is 0.349 e. The minimum Gasteiger partial charge on any atom is -0.349 e. The summed E-state index contributed by atoms with van der Waals surface area (Å²) in [6.07, 6.45) is 5.30. The van der Waals surface area contributed by atoms with E-state index in [2.05, 4.69) is 34.1 Å². The molecule has 0 saturated heterocycles. The van der Waals surface area contributed by atoms with E-state index in [0.29, 0.717) is 0 Å². The minimum atomic E-state index is 1.00. The summed E-state index contributed by atoms with van der Waals surface area (Å²) in [5, 5.41) is 4.55. The fourth-order valence-electron chi connectivity index (χ4n) is 2.18. The Morgan fingerprint density at radius 2 is 2.50 bits per heavy atom. The molecule has 3 nitrogen and oxygen atoms in total. The predicted molar refractivity (Wildman–Crippen MR) is 65.8 cm³/mol. The van der Waals surface area contributed by atoms with Gasteiger partial charge >= 0.3 is 0 Å². The van der Waals surface area contributed by atoms with E-state index in [1.165, 1.54) is 16.1 Å². The third kappa shape index (κ3) is 1.90. The molecule has 0 bridgehead atoms. The normalized spacial score (nSPS) is 15.1. The smallest absolute Gasteiger partial charge is 0.0896 e. The molecular formula is C12H15N3S. The second-order valence-electron chi connectivity index (χ2n) is 4.23. The van der Waals surface area contributed by atoms with Crippen LogP contribution >= 0.6 is 11.3 Å². The number of aryl methyl sites for hydroxylation is 1. The first-order valence-corrected chi connectivity index (χ1v) is 6.43. The van der Waals surface area contributed by atoms with E-state index in [0.717, 1.165) is 31.1 Å². The minimum absolute atomic E-state index is 1.00. The molecule has 0 atom stereocenters. The van der Waals surface area contributed by atoms with Crippen LogP contribution in [0.2, 0.25) is 0 Å². The van der Waals surface area contributed by atoms with Crippen molar-refractivity contribution in [3.8, 4) is 0 Å². The standard InChI is InChI=1S/C12H15N3S/c1-9-14-7-12(16-9)5-10-4-11-6-13-2-3-15(11)8-10/h4,7-8,13H,2-3,5-6H2,1H3. The van der Waals surface area contributed by atoms with E-state index < -0.39 is 0 Å². The first kappa shape index (κ1) is 10.1. The quantitative estimate of drug-likeness (QED) is 0.859. The zero-order valence-corrected chi connectivity index (χ0v) is 10.2. The highest BCUT2D eigenvalue weighted by Crippen LogP contribution is 2.19. The average Bonchev–Trinajstić information content (AvgIpc) is 2.84. The van der Waals surface area contributed by atoms with Crippen LogP contribution in [0.3, 0.4) is 0 Å². The molecule has 0 saturated carbocycles. The number of hydrogen-bond acceptors (Lipinski definition) is 3. The molecule has 0 fully saturated rings. The Bertz CT molecular complexity index is 475. The highest BCUT2D eigenvalue weighted by molar-refractivity contribution is 7.11. The highest BCUT2D eigenvalue weighted by Gasteiger charge is 2.10. The van der Waals surface area contributed by atoms with Crippen LogP contribution in [0.15, 0.2) is 18.5 Å². The Labute approximate surface area is 99.1 Å². The summed E-state index contributed by atoms with van der Waals surface area (Å²) >= 11 is 1.79. The molecule has 0 spiro atoms. The van der Waals surface area contributed by atoms with Crippen LogP contribution in [0.4, 0.5) is 0 Å². The number of fused-ring (bicyclic) bond motifs is 1. The Hall–Kier alpha value is -1.13. The molecule has 2 aromatic rings. The molecule has 4 heteroatoms. The van der Waals surface area contributed by atoms with Crippen LogP contribution in [-0.2, 0) is 19.5 Å². The molecule has 0 aliphatic carbocycles. The summed E-state index contributed by atoms with van der Waals surface area (Å²) in [6.45, 7) is 5.24. The van der Waals surface area contributed by atoms with Gasteiger partial charge in [-0.3, -0.25) is 0 Å². The highest BCUT2D eigenvalue weighted by atomic mass is 32.1. The zero-order valence-electron chi connectivity index (χ0n) is 9.36. The molecule has 1 aliphatic heterocycles. The molecule has 84 valence electrons. The number of hydrogen-bond donors (Lipinski definition) is 1. The van der Waals surface area contributed by atoms with Crippen LogP contribution in [0.1, 0.15) is 21.1 Å². The Balaban J connectivity index is 1.82. The average molecular weight is 233 g/mol. The van der Waals surface area contributed by atoms with Crippen molar-refractivity contribution in [1.29, 1.82) is 0 Å². The zero-order chi connectivity index (χ0) is 11.0. The van der Waals surface area contributed by atoms with Gasteiger partial charge in [0.25, 0.3) is 0 Å². The topological polar surface area (TPSA) is 29.9 Å². The van der Waals surface area contributed by atoms with Crippen molar-refractivity contribution in [2.24, 2.45) is 0 Å². The lowest BCUT2D eigenvalue weighted by molar-refractivity contribution is 0.516. The van der Waals surface area contributed by atoms with Crippen molar-refractivity contribution in [2.75, 3.05) is 6.54 Å². The summed E-state index contributed by atoms with van der Waals surface area (Å²) < 4.78 is 2.36. The molecule has 1 aliphatic rings. The van der Waals surface area contributed by atoms with E-state index in [1.807, 2.05) is 6.20 Å². The first-order valence-electron chi connectivity index (χ1n) is 5.61. The second kappa shape index (κ2) is 4.03. The van der Waals surface area contributed by atoms with Crippen molar-refractivity contribution >= 4 is 11.3 Å². The number of nitrogens with one attached hydrogen (secondary N) is 1. The Morgan fingerprint density at radius 3 is 3.25 bits per heavy atom. The molecule has 3 rings (SSSR count). The maximum Gasteiger partial charge on any atom is 0.0896 e. The van der Waals surface area contributed by atoms with Gasteiger partial charge in [0.05, 0.1) is 5.01 Å². The Morgan fingerprint density at radius 1 is 1.56 bits per heavy atom. The molecule has 0 aromatic carbocycles. The summed E-state index contributed by atoms with van der Waals surface area (Å²) in [5.74, 6) is 0. The number of aromatic nitrogens is 2. The number of nitrogens with zero attached hydrogens (tertiary/aromatic N) is 2. The summed E-state index contributed by atoms with van der Waals surface area (Å²) in [4.78, 5) is 5.65. The van der Waals surface area contributed by atoms with E-state index in [9.17, 15) is 0 Å². The van der Waals surface area contributed by atoms with Gasteiger partial charge in [-0.25, -0.2) is 4.98 Å². The van der Waals surface area contributed by atoms with Crippen molar-refractivity contribution in [1.82, 2.24) is 14.9 Å². The van der Waals surface area contributed by atoms with E-state index >= 15 is 0 Å². The summed E-state index contributed by atoms with van der Waals surface area (Å²) in [5.41, 5.74) is 2.81. The van der Waals surface area contributed by atoms with Gasteiger partial charge in [0, 0.05) is 49.0 Å². The molecule has 0 amide bonds. The van der Waals surface area contributed by atoms with Crippen LogP contribution in [0, 0.1) is 6.92 Å². The molecule has 0 radical (unpaired) electrons. The van der Waals surface area contributed by atoms with Crippen molar-refractivity contribution in [3.05, 3.63) is 39.6 Å². The number of thiazole rings is 1. The van der Waals surface area contributed by atoms with Gasteiger partial charge in [-0.15, -0.1) is 11.3 Å². The van der Waals surface area contributed by atoms with Gasteiger partial charge in [-0.1, -0.05) is 0 Å². The molecular weight excluding hydrogens is 218 g/mol. The van der Waals surface area contributed by atoms with E-state index in [1.54, 1.807) is 11.3 Å². The third-order valence-electron chi connectivity index (χ3n) is 2.93. The maximum absolute atomic E-state index is 4.29. The lowest BCUT2D eigenvalue weighted by atomic mass is 10.2. The van der Waals surface area contributed by atoms with Crippen LogP contribution < -0.4 is 5.32 Å². The van der Waals surface area contributed by atoms with Gasteiger partial charge in [0.15, 0.2) is 0 Å². The fraction of sp³-hybridized carbons (Fsp3) is 0.417. The molecule has 16 heavy (non-hydrogen) atoms. The maximum atomic E-state index is 4.29. The number of rotatable bonds is 2. The van der Waals surface area contributed by atoms with Crippen LogP contribution in [-0.4, -0.2) is 16.1 Å². The molecule has 1 N–H and O–H groups in total. The van der Waals surface area contributed by atoms with E-state index in [-0.39, 0.29) is 0 Å². The molecule has 0 unspecified atom stereocenters. The van der Waals surface area contributed by atoms with Gasteiger partial charge < -0.3 is 9.88 Å². The molecule has 2 aromatic heterocycles. The lowest BCUT2D eigenvalue weighted by Gasteiger charge is -2.15. The van der Waals surface area contributed by atoms with Crippen molar-refractivity contribution < 1.29 is 0 Å². The lowest BCUT2D eigenvalue weighted by Crippen LogP contribution is -2.27. The van der Waals surface area contributed by atoms with Crippen LogP contribution in [0.25, 0.3) is 0 Å². The van der Waals surface area contributed by atoms with Gasteiger partial charge in [0.1, 0.15) is 0 Å². The van der Waals surface area contributed by atoms with Gasteiger partial charge in [-0.05, 0) is 18.6 Å². The van der Waals surface area contributed by atoms with Gasteiger partial charge in [0.2, 0.25) is 0 Å². The van der Waals surface area contributed by atoms with Gasteiger partial charge in [-0.2, -0.15) is 0 Å². The van der Waals surface area contributed by atoms with Crippen LogP contribution in [0.5, 0.6) is 0 Å². The summed E-state index contributed by atoms with van der Waals surface area (Å²) in [6, 6.07) is 2.31. The van der Waals surface area contributed by atoms with Crippen molar-refractivity contribution in [2.45, 2.75) is 26.4 Å². The first-order chi connectivity index (χ1) is 7.81. The van der Waals surface area contributed by atoms with E-state index in [4.69, 9.17) is 0 Å². The predicted octanol–water partition coefficient (Wildman–Crippen LogP) is 1.95. The second-order valence-corrected chi connectivity index (χ2v) is 5.55. The molecule has 3 heterocycles.